The number of carbonyl (C=O) groups is 1. The first-order chi connectivity index (χ1) is 14.3. The SMILES string of the molecule is O=C(COc1ccc(Oc2ccccn2)cc1)Nc1n[nH]c(-c2ccccc2)n1. The Morgan fingerprint density at radius 3 is 2.45 bits per heavy atom. The maximum absolute atomic E-state index is 12.1. The molecule has 0 aliphatic heterocycles. The highest BCUT2D eigenvalue weighted by Crippen LogP contribution is 2.22. The number of carbonyl (C=O) groups excluding carboxylic acids is 1. The molecule has 2 aromatic carbocycles. The molecule has 29 heavy (non-hydrogen) atoms. The number of benzene rings is 2. The maximum Gasteiger partial charge on any atom is 0.264 e. The van der Waals surface area contributed by atoms with Crippen LogP contribution in [0.15, 0.2) is 79.0 Å². The monoisotopic (exact) mass is 387 g/mol. The zero-order valence-corrected chi connectivity index (χ0v) is 15.3. The van der Waals surface area contributed by atoms with E-state index >= 15 is 0 Å². The van der Waals surface area contributed by atoms with Crippen molar-refractivity contribution < 1.29 is 14.3 Å². The van der Waals surface area contributed by atoms with Crippen molar-refractivity contribution in [3.05, 3.63) is 79.0 Å². The van der Waals surface area contributed by atoms with Crippen molar-refractivity contribution >= 4 is 11.9 Å². The minimum Gasteiger partial charge on any atom is -0.484 e. The molecule has 1 amide bonds. The molecule has 0 aliphatic rings. The fourth-order valence-corrected chi connectivity index (χ4v) is 2.48. The molecule has 0 radical (unpaired) electrons. The summed E-state index contributed by atoms with van der Waals surface area (Å²) >= 11 is 0. The number of aromatic nitrogens is 4. The van der Waals surface area contributed by atoms with Crippen LogP contribution in [0.1, 0.15) is 0 Å². The largest absolute Gasteiger partial charge is 0.484 e. The van der Waals surface area contributed by atoms with Gasteiger partial charge in [0.2, 0.25) is 11.8 Å². The molecule has 0 saturated heterocycles. The van der Waals surface area contributed by atoms with Gasteiger partial charge in [0, 0.05) is 17.8 Å². The van der Waals surface area contributed by atoms with Crippen LogP contribution in [0.3, 0.4) is 0 Å². The van der Waals surface area contributed by atoms with Crippen LogP contribution in [0.5, 0.6) is 17.4 Å². The first-order valence-electron chi connectivity index (χ1n) is 8.86. The molecule has 0 atom stereocenters. The molecule has 2 N–H and O–H groups in total. The third-order valence-electron chi connectivity index (χ3n) is 3.84. The van der Waals surface area contributed by atoms with Crippen molar-refractivity contribution in [1.82, 2.24) is 20.2 Å². The predicted octanol–water partition coefficient (Wildman–Crippen LogP) is 3.68. The number of nitrogens with one attached hydrogen (secondary N) is 2. The first kappa shape index (κ1) is 18.2. The molecule has 0 fully saturated rings. The van der Waals surface area contributed by atoms with Gasteiger partial charge >= 0.3 is 0 Å². The summed E-state index contributed by atoms with van der Waals surface area (Å²) < 4.78 is 11.1. The lowest BCUT2D eigenvalue weighted by molar-refractivity contribution is -0.118. The fourth-order valence-electron chi connectivity index (χ4n) is 2.48. The third-order valence-corrected chi connectivity index (χ3v) is 3.84. The number of aromatic amines is 1. The minimum absolute atomic E-state index is 0.171. The molecule has 144 valence electrons. The van der Waals surface area contributed by atoms with Gasteiger partial charge in [0.25, 0.3) is 5.91 Å². The van der Waals surface area contributed by atoms with Crippen molar-refractivity contribution in [1.29, 1.82) is 0 Å². The molecule has 0 spiro atoms. The molecule has 0 saturated carbocycles. The second kappa shape index (κ2) is 8.66. The average molecular weight is 387 g/mol. The number of ether oxygens (including phenoxy) is 2. The van der Waals surface area contributed by atoms with E-state index in [9.17, 15) is 4.79 Å². The van der Waals surface area contributed by atoms with E-state index in [0.717, 1.165) is 5.56 Å². The van der Waals surface area contributed by atoms with Crippen molar-refractivity contribution in [2.45, 2.75) is 0 Å². The summed E-state index contributed by atoms with van der Waals surface area (Å²) in [5.74, 6) is 2.06. The summed E-state index contributed by atoms with van der Waals surface area (Å²) in [5, 5.41) is 9.38. The summed E-state index contributed by atoms with van der Waals surface area (Å²) in [6, 6.07) is 21.8. The molecule has 0 aliphatic carbocycles. The van der Waals surface area contributed by atoms with Crippen LogP contribution in [-0.2, 0) is 4.79 Å². The van der Waals surface area contributed by atoms with Crippen LogP contribution in [0, 0.1) is 0 Å². The van der Waals surface area contributed by atoms with E-state index in [-0.39, 0.29) is 18.5 Å². The van der Waals surface area contributed by atoms with Crippen LogP contribution in [0.25, 0.3) is 11.4 Å². The van der Waals surface area contributed by atoms with Gasteiger partial charge < -0.3 is 9.47 Å². The summed E-state index contributed by atoms with van der Waals surface area (Å²) in [7, 11) is 0. The van der Waals surface area contributed by atoms with E-state index in [4.69, 9.17) is 9.47 Å². The molecule has 4 aromatic rings. The highest BCUT2D eigenvalue weighted by Gasteiger charge is 2.09. The Morgan fingerprint density at radius 1 is 0.931 bits per heavy atom. The van der Waals surface area contributed by atoms with E-state index in [1.165, 1.54) is 0 Å². The van der Waals surface area contributed by atoms with E-state index < -0.39 is 0 Å². The lowest BCUT2D eigenvalue weighted by Crippen LogP contribution is -2.20. The number of hydrogen-bond donors (Lipinski definition) is 2. The van der Waals surface area contributed by atoms with Crippen LogP contribution in [0.2, 0.25) is 0 Å². The topological polar surface area (TPSA) is 102 Å². The Hall–Kier alpha value is -4.20. The number of nitrogens with zero attached hydrogens (tertiary/aromatic N) is 3. The van der Waals surface area contributed by atoms with Gasteiger partial charge in [0.1, 0.15) is 11.5 Å². The lowest BCUT2D eigenvalue weighted by Gasteiger charge is -2.07. The number of amides is 1. The Morgan fingerprint density at radius 2 is 1.69 bits per heavy atom. The van der Waals surface area contributed by atoms with Crippen molar-refractivity contribution in [2.24, 2.45) is 0 Å². The average Bonchev–Trinajstić information content (AvgIpc) is 3.23. The van der Waals surface area contributed by atoms with Gasteiger partial charge in [0.15, 0.2) is 12.4 Å². The van der Waals surface area contributed by atoms with E-state index in [1.54, 1.807) is 36.5 Å². The molecule has 0 unspecified atom stereocenters. The Labute approximate surface area is 166 Å². The minimum atomic E-state index is -0.363. The highest BCUT2D eigenvalue weighted by molar-refractivity contribution is 5.90. The second-order valence-electron chi connectivity index (χ2n) is 5.95. The molecule has 2 heterocycles. The molecule has 0 bridgehead atoms. The summed E-state index contributed by atoms with van der Waals surface area (Å²) in [4.78, 5) is 20.4. The number of pyridine rings is 1. The fraction of sp³-hybridized carbons (Fsp3) is 0.0476. The van der Waals surface area contributed by atoms with Gasteiger partial charge in [-0.3, -0.25) is 15.2 Å². The first-order valence-corrected chi connectivity index (χ1v) is 8.86. The summed E-state index contributed by atoms with van der Waals surface area (Å²) in [6.45, 7) is -0.171. The van der Waals surface area contributed by atoms with Crippen molar-refractivity contribution in [3.63, 3.8) is 0 Å². The van der Waals surface area contributed by atoms with Gasteiger partial charge in [0.05, 0.1) is 0 Å². The third kappa shape index (κ3) is 4.95. The lowest BCUT2D eigenvalue weighted by atomic mass is 10.2. The maximum atomic E-state index is 12.1. The Bertz CT molecular complexity index is 1070. The summed E-state index contributed by atoms with van der Waals surface area (Å²) in [6.07, 6.45) is 1.66. The molecule has 8 heteroatoms. The summed E-state index contributed by atoms with van der Waals surface area (Å²) in [5.41, 5.74) is 0.879. The van der Waals surface area contributed by atoms with Crippen molar-refractivity contribution in [3.8, 4) is 28.8 Å². The Kier molecular flexibility index (Phi) is 5.43. The molecule has 8 nitrogen and oxygen atoms in total. The molecule has 2 aromatic heterocycles. The van der Waals surface area contributed by atoms with Gasteiger partial charge in [-0.05, 0) is 30.3 Å². The second-order valence-corrected chi connectivity index (χ2v) is 5.95. The number of rotatable bonds is 7. The number of anilines is 1. The van der Waals surface area contributed by atoms with Gasteiger partial charge in [-0.15, -0.1) is 5.10 Å². The molecular formula is C21H17N5O3. The number of hydrogen-bond acceptors (Lipinski definition) is 6. The molecular weight excluding hydrogens is 370 g/mol. The highest BCUT2D eigenvalue weighted by atomic mass is 16.5. The standard InChI is InChI=1S/C21H17N5O3/c27-18(23-21-24-20(25-26-21)15-6-2-1-3-7-15)14-28-16-9-11-17(12-10-16)29-19-8-4-5-13-22-19/h1-13H,14H2,(H2,23,24,25,26,27). The van der Waals surface area contributed by atoms with E-state index in [0.29, 0.717) is 23.2 Å². The van der Waals surface area contributed by atoms with Gasteiger partial charge in [-0.2, -0.15) is 4.98 Å². The van der Waals surface area contributed by atoms with Gasteiger partial charge in [-0.25, -0.2) is 4.98 Å². The number of H-pyrrole nitrogens is 1. The predicted molar refractivity (Wildman–Crippen MR) is 107 cm³/mol. The quantitative estimate of drug-likeness (QED) is 0.502. The van der Waals surface area contributed by atoms with Crippen LogP contribution >= 0.6 is 0 Å². The van der Waals surface area contributed by atoms with E-state index in [1.807, 2.05) is 42.5 Å². The normalized spacial score (nSPS) is 10.3. The van der Waals surface area contributed by atoms with Crippen LogP contribution in [0.4, 0.5) is 5.95 Å². The zero-order valence-electron chi connectivity index (χ0n) is 15.3. The van der Waals surface area contributed by atoms with Crippen molar-refractivity contribution in [2.75, 3.05) is 11.9 Å². The van der Waals surface area contributed by atoms with E-state index in [2.05, 4.69) is 25.5 Å². The smallest absolute Gasteiger partial charge is 0.264 e. The van der Waals surface area contributed by atoms with Gasteiger partial charge in [-0.1, -0.05) is 36.4 Å². The molecule has 4 rings (SSSR count). The zero-order chi connectivity index (χ0) is 19.9. The van der Waals surface area contributed by atoms with Crippen LogP contribution < -0.4 is 14.8 Å². The van der Waals surface area contributed by atoms with Crippen LogP contribution in [-0.4, -0.2) is 32.7 Å². The Balaban J connectivity index is 1.28.